The van der Waals surface area contributed by atoms with Gasteiger partial charge in [-0.1, -0.05) is 334 Å². The second kappa shape index (κ2) is 31.7. The molecule has 108 heavy (non-hydrogen) atoms. The second-order valence-electron chi connectivity index (χ2n) is 27.5. The molecule has 0 saturated heterocycles. The summed E-state index contributed by atoms with van der Waals surface area (Å²) in [5, 5.41) is 18.1. The van der Waals surface area contributed by atoms with Crippen molar-refractivity contribution in [1.82, 2.24) is 19.9 Å². The van der Waals surface area contributed by atoms with Gasteiger partial charge < -0.3 is 0 Å². The van der Waals surface area contributed by atoms with E-state index in [1.165, 1.54) is 164 Å². The first-order valence-electron chi connectivity index (χ1n) is 37.1. The van der Waals surface area contributed by atoms with E-state index in [1.807, 2.05) is 91.5 Å². The van der Waals surface area contributed by atoms with E-state index in [0.29, 0.717) is 0 Å². The predicted octanol–water partition coefficient (Wildman–Crippen LogP) is 26.6. The molecule has 4 aliphatic rings. The first kappa shape index (κ1) is 67.4. The SMILES string of the molecule is c1ccc2c(c1)Cc1cc3ccccc3cc1-2.c1ccc2c(c1)Cc1ccc3ccccc3c1-2.c1ccc2c(c1)Cc1ccccc1-2.c1ccc2c(c1)ccc1cccnc12.c1ccc2c3c(ccc2c1)Cc1ccc2ccccc2c1-3.c1ccc2cnccc2c1.c1ccc2ncccc2c1.c1ccncc1. The highest BCUT2D eigenvalue weighted by Crippen LogP contribution is 2.46. The van der Waals surface area contributed by atoms with Gasteiger partial charge in [-0.3, -0.25) is 19.9 Å². The molecule has 0 N–H and O–H groups in total. The average molecular weight is 1380 g/mol. The van der Waals surface area contributed by atoms with Crippen LogP contribution in [0.3, 0.4) is 0 Å². The Labute approximate surface area is 630 Å². The zero-order chi connectivity index (χ0) is 72.2. The van der Waals surface area contributed by atoms with Gasteiger partial charge in [0.15, 0.2) is 0 Å². The lowest BCUT2D eigenvalue weighted by Gasteiger charge is -2.09. The summed E-state index contributed by atoms with van der Waals surface area (Å²) in [5.74, 6) is 0. The molecule has 4 aromatic heterocycles. The maximum atomic E-state index is 4.41. The van der Waals surface area contributed by atoms with Gasteiger partial charge in [0, 0.05) is 53.3 Å². The van der Waals surface area contributed by atoms with Crippen LogP contribution in [0.2, 0.25) is 0 Å². The van der Waals surface area contributed by atoms with Crippen molar-refractivity contribution in [3.8, 4) is 44.5 Å². The van der Waals surface area contributed by atoms with Gasteiger partial charge in [-0.25, -0.2) is 0 Å². The summed E-state index contributed by atoms with van der Waals surface area (Å²) in [5.41, 5.74) is 25.2. The molecule has 0 amide bonds. The van der Waals surface area contributed by atoms with E-state index in [1.54, 1.807) is 12.4 Å². The molecule has 20 aromatic rings. The molecule has 24 rings (SSSR count). The van der Waals surface area contributed by atoms with Gasteiger partial charge in [0.1, 0.15) is 0 Å². The van der Waals surface area contributed by atoms with Crippen LogP contribution in [0.5, 0.6) is 0 Å². The summed E-state index contributed by atoms with van der Waals surface area (Å²) in [7, 11) is 0. The molecule has 0 radical (unpaired) electrons. The Kier molecular flexibility index (Phi) is 19.7. The highest BCUT2D eigenvalue weighted by Gasteiger charge is 2.24. The number of pyridine rings is 4. The molecule has 4 nitrogen and oxygen atoms in total. The van der Waals surface area contributed by atoms with Crippen molar-refractivity contribution in [2.75, 3.05) is 0 Å². The highest BCUT2D eigenvalue weighted by molar-refractivity contribution is 6.10. The molecule has 4 aliphatic carbocycles. The third-order valence-electron chi connectivity index (χ3n) is 20.8. The summed E-state index contributed by atoms with van der Waals surface area (Å²) >= 11 is 0. The third kappa shape index (κ3) is 14.5. The predicted molar refractivity (Wildman–Crippen MR) is 456 cm³/mol. The Morgan fingerprint density at radius 2 is 0.556 bits per heavy atom. The van der Waals surface area contributed by atoms with Gasteiger partial charge >= 0.3 is 0 Å². The highest BCUT2D eigenvalue weighted by atomic mass is 14.6. The average Bonchev–Trinajstić information content (AvgIpc) is 1.43. The Hall–Kier alpha value is -13.8. The van der Waals surface area contributed by atoms with Crippen LogP contribution in [0.4, 0.5) is 0 Å². The lowest BCUT2D eigenvalue weighted by atomic mass is 9.94. The second-order valence-corrected chi connectivity index (χ2v) is 27.5. The first-order chi connectivity index (χ1) is 53.6. The molecule has 512 valence electrons. The van der Waals surface area contributed by atoms with Crippen molar-refractivity contribution in [1.29, 1.82) is 0 Å². The largest absolute Gasteiger partial charge is 0.265 e. The number of benzene rings is 16. The summed E-state index contributed by atoms with van der Waals surface area (Å²) in [6.07, 6.45) is 15.1. The molecule has 0 fully saturated rings. The minimum absolute atomic E-state index is 1.06. The molecule has 4 heterocycles. The fourth-order valence-electron chi connectivity index (χ4n) is 15.7. The number of hydrogen-bond acceptors (Lipinski definition) is 4. The van der Waals surface area contributed by atoms with Crippen LogP contribution in [-0.2, 0) is 25.7 Å². The van der Waals surface area contributed by atoms with Crippen molar-refractivity contribution in [3.05, 3.63) is 458 Å². The maximum Gasteiger partial charge on any atom is 0.0780 e. The molecule has 0 aliphatic heterocycles. The number of rotatable bonds is 0. The lowest BCUT2D eigenvalue weighted by Crippen LogP contribution is -1.83. The topological polar surface area (TPSA) is 51.6 Å². The Bertz CT molecular complexity index is 6180. The molecular formula is C104H76N4. The Morgan fingerprint density at radius 3 is 1.11 bits per heavy atom. The van der Waals surface area contributed by atoms with E-state index >= 15 is 0 Å². The Balaban J connectivity index is 0.0000000922. The number of hydrogen-bond donors (Lipinski definition) is 0. The van der Waals surface area contributed by atoms with E-state index in [4.69, 9.17) is 0 Å². The molecular weight excluding hydrogens is 1310 g/mol. The number of para-hydroxylation sites is 1. The lowest BCUT2D eigenvalue weighted by molar-refractivity contribution is 1.26. The fourth-order valence-corrected chi connectivity index (χ4v) is 15.7. The van der Waals surface area contributed by atoms with Crippen molar-refractivity contribution >= 4 is 86.4 Å². The van der Waals surface area contributed by atoms with Crippen molar-refractivity contribution in [2.45, 2.75) is 25.7 Å². The van der Waals surface area contributed by atoms with Gasteiger partial charge in [0.2, 0.25) is 0 Å². The number of fused-ring (bicyclic) bond motifs is 24. The van der Waals surface area contributed by atoms with Crippen LogP contribution in [0.15, 0.2) is 413 Å². The van der Waals surface area contributed by atoms with Crippen LogP contribution in [0, 0.1) is 0 Å². The quantitative estimate of drug-likeness (QED) is 0.142. The van der Waals surface area contributed by atoms with Crippen LogP contribution >= 0.6 is 0 Å². The minimum atomic E-state index is 1.06. The van der Waals surface area contributed by atoms with Crippen LogP contribution in [-0.4, -0.2) is 19.9 Å². The van der Waals surface area contributed by atoms with E-state index < -0.39 is 0 Å². The van der Waals surface area contributed by atoms with Crippen molar-refractivity contribution in [2.24, 2.45) is 0 Å². The normalized spacial score (nSPS) is 11.6. The molecule has 0 saturated carbocycles. The smallest absolute Gasteiger partial charge is 0.0780 e. The summed E-state index contributed by atoms with van der Waals surface area (Å²) < 4.78 is 0. The van der Waals surface area contributed by atoms with Gasteiger partial charge in [0.25, 0.3) is 0 Å². The monoisotopic (exact) mass is 1380 g/mol. The zero-order valence-electron chi connectivity index (χ0n) is 59.9. The van der Waals surface area contributed by atoms with Crippen LogP contribution in [0.1, 0.15) is 44.5 Å². The van der Waals surface area contributed by atoms with E-state index in [2.05, 4.69) is 329 Å². The number of nitrogens with zero attached hydrogens (tertiary/aromatic N) is 4. The molecule has 0 spiro atoms. The van der Waals surface area contributed by atoms with E-state index in [9.17, 15) is 0 Å². The minimum Gasteiger partial charge on any atom is -0.265 e. The third-order valence-corrected chi connectivity index (χ3v) is 20.8. The zero-order valence-corrected chi connectivity index (χ0v) is 59.9. The molecule has 16 aromatic carbocycles. The van der Waals surface area contributed by atoms with Crippen LogP contribution in [0.25, 0.3) is 131 Å². The number of aromatic nitrogens is 4. The molecule has 0 atom stereocenters. The van der Waals surface area contributed by atoms with Gasteiger partial charge in [-0.15, -0.1) is 0 Å². The van der Waals surface area contributed by atoms with Crippen molar-refractivity contribution in [3.63, 3.8) is 0 Å². The van der Waals surface area contributed by atoms with Gasteiger partial charge in [0.05, 0.1) is 11.0 Å². The standard InChI is InChI=1S/C21H14.2C17H12.C13H9N.C13H10.2C9H7N.C5H5N/c1-3-7-18-14(5-1)9-11-16-13-17-12-10-15-6-2-4-8-19(15)21(17)20(16)18;1-3-7-15-12(5-1)9-10-14-11-13-6-2-4-8-16(13)17(14)15;1-2-6-13-11-17-15(9-12(13)5-1)10-14-7-3-4-8-16(14)17;1-2-6-12-10(4-1)7-8-11-5-3-9-14-13(11)12;1-3-7-12-10(5-1)9-11-6-2-4-8-13(11)12;1-2-6-9-8(4-1)5-3-7-10-9;1-2-4-9-7-10-6-5-8(9)3-1;1-2-4-6-5-3-1/h1-12H,13H2;1-10H,11H2;1-9,11H,10H2;1-9H;1-8H,9H2;2*1-7H;1-5H. The Morgan fingerprint density at radius 1 is 0.176 bits per heavy atom. The summed E-state index contributed by atoms with van der Waals surface area (Å²) in [4.78, 5) is 16.4. The molecule has 0 unspecified atom stereocenters. The summed E-state index contributed by atoms with van der Waals surface area (Å²) in [6, 6.07) is 132. The maximum absolute atomic E-state index is 4.41. The van der Waals surface area contributed by atoms with Crippen LogP contribution < -0.4 is 0 Å². The van der Waals surface area contributed by atoms with E-state index in [-0.39, 0.29) is 0 Å². The van der Waals surface area contributed by atoms with Crippen molar-refractivity contribution < 1.29 is 0 Å². The fraction of sp³-hybridized carbons (Fsp3) is 0.0385. The van der Waals surface area contributed by atoms with Gasteiger partial charge in [-0.05, 0) is 216 Å². The summed E-state index contributed by atoms with van der Waals surface area (Å²) in [6.45, 7) is 0. The van der Waals surface area contributed by atoms with Gasteiger partial charge in [-0.2, -0.15) is 0 Å². The molecule has 4 heteroatoms. The van der Waals surface area contributed by atoms with E-state index in [0.717, 1.165) is 36.7 Å². The molecule has 0 bridgehead atoms. The first-order valence-corrected chi connectivity index (χ1v) is 37.1.